The van der Waals surface area contributed by atoms with Gasteiger partial charge in [0.25, 0.3) is 0 Å². The van der Waals surface area contributed by atoms with Gasteiger partial charge in [-0.15, -0.1) is 0 Å². The van der Waals surface area contributed by atoms with Gasteiger partial charge in [0, 0.05) is 19.3 Å². The first-order valence-corrected chi connectivity index (χ1v) is 14.3. The molecule has 0 radical (unpaired) electrons. The van der Waals surface area contributed by atoms with E-state index in [1.807, 2.05) is 37.9 Å². The van der Waals surface area contributed by atoms with Gasteiger partial charge in [-0.1, -0.05) is 23.3 Å². The third-order valence-electron chi connectivity index (χ3n) is 8.36. The van der Waals surface area contributed by atoms with E-state index in [9.17, 15) is 9.90 Å². The number of halogens is 1. The Kier molecular flexibility index (Phi) is 7.29. The van der Waals surface area contributed by atoms with E-state index in [1.54, 1.807) is 13.8 Å². The van der Waals surface area contributed by atoms with Crippen LogP contribution < -0.4 is 0 Å². The number of ether oxygens (including phenoxy) is 2. The fourth-order valence-corrected chi connectivity index (χ4v) is 6.94. The molecule has 3 fully saturated rings. The smallest absolute Gasteiger partial charge is 0.410 e. The Balaban J connectivity index is 1.35. The van der Waals surface area contributed by atoms with Crippen LogP contribution in [0.4, 0.5) is 4.79 Å². The van der Waals surface area contributed by atoms with E-state index in [1.165, 1.54) is 24.7 Å². The summed E-state index contributed by atoms with van der Waals surface area (Å²) in [7, 11) is 0. The molecule has 0 bridgehead atoms. The number of aliphatic hydroxyl groups is 1. The van der Waals surface area contributed by atoms with Crippen LogP contribution in [0.15, 0.2) is 30.2 Å². The Labute approximate surface area is 230 Å². The average molecular weight is 545 g/mol. The molecule has 3 heterocycles. The number of carbonyl (C=O) groups is 1. The van der Waals surface area contributed by atoms with Gasteiger partial charge < -0.3 is 24.0 Å². The molecule has 38 heavy (non-hydrogen) atoms. The summed E-state index contributed by atoms with van der Waals surface area (Å²) in [6.07, 6.45) is 12.8. The number of piperidine rings is 1. The lowest BCUT2D eigenvalue weighted by Crippen LogP contribution is -2.45. The first kappa shape index (κ1) is 27.4. The van der Waals surface area contributed by atoms with Gasteiger partial charge in [0.15, 0.2) is 5.79 Å². The quantitative estimate of drug-likeness (QED) is 0.277. The summed E-state index contributed by atoms with van der Waals surface area (Å²) in [5, 5.41) is 11.8. The zero-order chi connectivity index (χ0) is 27.3. The van der Waals surface area contributed by atoms with Gasteiger partial charge >= 0.3 is 6.09 Å². The largest absolute Gasteiger partial charge is 0.444 e. The highest BCUT2D eigenvalue weighted by Crippen LogP contribution is 2.52. The van der Waals surface area contributed by atoms with Gasteiger partial charge in [-0.3, -0.25) is 0 Å². The van der Waals surface area contributed by atoms with E-state index >= 15 is 0 Å². The fourth-order valence-electron chi connectivity index (χ4n) is 6.75. The predicted octanol–water partition coefficient (Wildman–Crippen LogP) is 6.28. The van der Waals surface area contributed by atoms with Gasteiger partial charge in [0.05, 0.1) is 17.5 Å². The Morgan fingerprint density at radius 1 is 1.16 bits per heavy atom. The zero-order valence-electron chi connectivity index (χ0n) is 23.2. The summed E-state index contributed by atoms with van der Waals surface area (Å²) < 4.78 is 14.0. The Morgan fingerprint density at radius 3 is 2.58 bits per heavy atom. The Bertz CT molecular complexity index is 1200. The minimum Gasteiger partial charge on any atom is -0.444 e. The maximum atomic E-state index is 12.6. The molecule has 9 heteroatoms. The van der Waals surface area contributed by atoms with Crippen LogP contribution in [0, 0.1) is 11.3 Å². The topological polar surface area (TPSA) is 89.7 Å². The molecule has 1 amide bonds. The monoisotopic (exact) mass is 544 g/mol. The number of amides is 1. The second-order valence-corrected chi connectivity index (χ2v) is 13.2. The number of aromatic nitrogens is 3. The third kappa shape index (κ3) is 5.73. The van der Waals surface area contributed by atoms with Crippen molar-refractivity contribution in [1.82, 2.24) is 19.4 Å². The van der Waals surface area contributed by atoms with Crippen LogP contribution in [0.1, 0.15) is 85.6 Å². The molecular weight excluding hydrogens is 504 g/mol. The number of fused-ring (bicyclic) bond motifs is 1. The SMILES string of the molecule is CC(C)(C)OC(=O)N1CCC2(CCC/C2=C\[C@@H]2CC(OC(C)(C)O)[C@H](n3ccc4c(Cl)ncnc43)C2)CC1. The van der Waals surface area contributed by atoms with E-state index < -0.39 is 11.4 Å². The first-order valence-electron chi connectivity index (χ1n) is 13.9. The maximum Gasteiger partial charge on any atom is 0.410 e. The van der Waals surface area contributed by atoms with Crippen LogP contribution in [0.5, 0.6) is 0 Å². The van der Waals surface area contributed by atoms with E-state index in [4.69, 9.17) is 21.1 Å². The van der Waals surface area contributed by atoms with Crippen LogP contribution >= 0.6 is 11.6 Å². The number of nitrogens with zero attached hydrogens (tertiary/aromatic N) is 4. The highest BCUT2D eigenvalue weighted by Gasteiger charge is 2.44. The van der Waals surface area contributed by atoms with Crippen LogP contribution in [-0.4, -0.2) is 61.2 Å². The molecular formula is C29H41ClN4O4. The molecule has 1 saturated heterocycles. The molecule has 2 aliphatic carbocycles. The highest BCUT2D eigenvalue weighted by molar-refractivity contribution is 6.33. The lowest BCUT2D eigenvalue weighted by atomic mass is 9.73. The van der Waals surface area contributed by atoms with Crippen molar-refractivity contribution in [3.63, 3.8) is 0 Å². The van der Waals surface area contributed by atoms with Crippen molar-refractivity contribution in [3.05, 3.63) is 35.4 Å². The molecule has 8 nitrogen and oxygen atoms in total. The van der Waals surface area contributed by atoms with E-state index in [0.717, 1.165) is 56.2 Å². The second-order valence-electron chi connectivity index (χ2n) is 12.8. The van der Waals surface area contributed by atoms with Gasteiger partial charge in [-0.05, 0) is 97.0 Å². The number of likely N-dealkylation sites (tertiary alicyclic amines) is 1. The van der Waals surface area contributed by atoms with Gasteiger partial charge in [-0.2, -0.15) is 0 Å². The molecule has 2 aromatic heterocycles. The fraction of sp³-hybridized carbons (Fsp3) is 0.690. The van der Waals surface area contributed by atoms with Crippen LogP contribution in [-0.2, 0) is 9.47 Å². The minimum atomic E-state index is -1.23. The molecule has 5 rings (SSSR count). The predicted molar refractivity (Wildman–Crippen MR) is 147 cm³/mol. The highest BCUT2D eigenvalue weighted by atomic mass is 35.5. The number of hydrogen-bond acceptors (Lipinski definition) is 6. The van der Waals surface area contributed by atoms with Crippen molar-refractivity contribution in [3.8, 4) is 0 Å². The summed E-state index contributed by atoms with van der Waals surface area (Å²) in [5.74, 6) is -0.903. The van der Waals surface area contributed by atoms with Crippen LogP contribution in [0.3, 0.4) is 0 Å². The molecule has 1 spiro atoms. The Hall–Kier alpha value is -2.16. The Morgan fingerprint density at radius 2 is 1.89 bits per heavy atom. The number of allylic oxidation sites excluding steroid dienone is 2. The van der Waals surface area contributed by atoms with E-state index in [2.05, 4.69) is 20.6 Å². The number of rotatable bonds is 4. The second kappa shape index (κ2) is 10.1. The molecule has 1 aliphatic heterocycles. The number of carbonyl (C=O) groups excluding carboxylic acids is 1. The lowest BCUT2D eigenvalue weighted by Gasteiger charge is -2.41. The molecule has 3 aliphatic rings. The van der Waals surface area contributed by atoms with Crippen molar-refractivity contribution in [2.24, 2.45) is 11.3 Å². The normalized spacial score (nSPS) is 27.1. The molecule has 1 N–H and O–H groups in total. The van der Waals surface area contributed by atoms with Crippen LogP contribution in [0.2, 0.25) is 5.15 Å². The van der Waals surface area contributed by atoms with Gasteiger partial charge in [0.1, 0.15) is 22.7 Å². The standard InChI is InChI=1S/C29H41ClN4O4/c1-27(2,3)38-26(35)33-13-10-29(11-14-33)9-6-7-20(29)15-19-16-22(23(17-19)37-28(4,5)36)34-12-8-21-24(30)31-18-32-25(21)34/h8,12,15,18-19,22-23,36H,6-7,9-11,13-14,16-17H2,1-5H3/b20-15+/t19-,22+,23?/m0/s1. The van der Waals surface area contributed by atoms with Crippen LogP contribution in [0.25, 0.3) is 11.0 Å². The van der Waals surface area contributed by atoms with Gasteiger partial charge in [-0.25, -0.2) is 14.8 Å². The van der Waals surface area contributed by atoms with Crippen molar-refractivity contribution in [2.75, 3.05) is 13.1 Å². The van der Waals surface area contributed by atoms with E-state index in [-0.39, 0.29) is 23.7 Å². The zero-order valence-corrected chi connectivity index (χ0v) is 24.0. The first-order chi connectivity index (χ1) is 17.8. The van der Waals surface area contributed by atoms with Crippen molar-refractivity contribution < 1.29 is 19.4 Å². The molecule has 2 saturated carbocycles. The summed E-state index contributed by atoms with van der Waals surface area (Å²) in [4.78, 5) is 23.1. The molecule has 2 aromatic rings. The van der Waals surface area contributed by atoms with Crippen molar-refractivity contribution in [1.29, 1.82) is 0 Å². The van der Waals surface area contributed by atoms with Crippen molar-refractivity contribution >= 4 is 28.7 Å². The maximum absolute atomic E-state index is 12.6. The summed E-state index contributed by atoms with van der Waals surface area (Å²) in [6.45, 7) is 10.6. The minimum absolute atomic E-state index is 0.0260. The summed E-state index contributed by atoms with van der Waals surface area (Å²) in [6, 6.07) is 1.98. The average Bonchev–Trinajstić information content (AvgIpc) is 3.51. The lowest BCUT2D eigenvalue weighted by molar-refractivity contribution is -0.210. The molecule has 1 unspecified atom stereocenters. The van der Waals surface area contributed by atoms with E-state index in [0.29, 0.717) is 11.1 Å². The molecule has 208 valence electrons. The summed E-state index contributed by atoms with van der Waals surface area (Å²) >= 11 is 6.33. The van der Waals surface area contributed by atoms with Crippen molar-refractivity contribution in [2.45, 2.75) is 103 Å². The summed E-state index contributed by atoms with van der Waals surface area (Å²) in [5.41, 5.74) is 2.02. The number of hydrogen-bond donors (Lipinski definition) is 1. The van der Waals surface area contributed by atoms with Gasteiger partial charge in [0.2, 0.25) is 0 Å². The molecule has 3 atom stereocenters. The molecule has 0 aromatic carbocycles. The third-order valence-corrected chi connectivity index (χ3v) is 8.66.